The molecule has 0 unspecified atom stereocenters. The van der Waals surface area contributed by atoms with Crippen LogP contribution in [-0.2, 0) is 20.9 Å². The molecule has 32 heavy (non-hydrogen) atoms. The fourth-order valence-electron chi connectivity index (χ4n) is 4.23. The Labute approximate surface area is 179 Å². The number of hydrogen-bond acceptors (Lipinski definition) is 6. The smallest absolute Gasteiger partial charge is 0.393 e. The largest absolute Gasteiger partial charge is 0.471 e. The lowest BCUT2D eigenvalue weighted by molar-refractivity contribution is -0.202. The summed E-state index contributed by atoms with van der Waals surface area (Å²) in [5, 5.41) is 10.1. The molecule has 1 aromatic heterocycles. The van der Waals surface area contributed by atoms with Gasteiger partial charge in [-0.2, -0.15) is 13.2 Å². The topological polar surface area (TPSA) is 114 Å². The van der Waals surface area contributed by atoms with Gasteiger partial charge in [-0.1, -0.05) is 30.3 Å². The van der Waals surface area contributed by atoms with Gasteiger partial charge in [-0.05, 0) is 12.5 Å². The number of rotatable bonds is 5. The highest BCUT2D eigenvalue weighted by Crippen LogP contribution is 2.48. The Morgan fingerprint density at radius 2 is 2.00 bits per heavy atom. The number of nitrogens with one attached hydrogen (secondary N) is 1. The number of aliphatic hydroxyl groups is 1. The van der Waals surface area contributed by atoms with Crippen molar-refractivity contribution in [3.63, 3.8) is 0 Å². The predicted molar refractivity (Wildman–Crippen MR) is 103 cm³/mol. The standard InChI is InChI=1S/C20H20F3N3O6/c1-11-7-25(18(30)24-15(11)28)16-13-14(31-8-12-5-3-2-4-6-12)19(10-27,32-16)9-26(13)17(29)20(21,22)23/h2-7,13-14,16,27H,8-10H2,1H3,(H,24,28,30)/t13-,14+,16+,19-/m0/s1. The molecule has 172 valence electrons. The average molecular weight is 455 g/mol. The zero-order chi connectivity index (χ0) is 23.3. The molecule has 0 saturated carbocycles. The van der Waals surface area contributed by atoms with E-state index < -0.39 is 60.5 Å². The van der Waals surface area contributed by atoms with Gasteiger partial charge in [0.05, 0.1) is 19.8 Å². The van der Waals surface area contributed by atoms with Crippen molar-refractivity contribution in [1.29, 1.82) is 0 Å². The molecule has 4 rings (SSSR count). The Bertz CT molecular complexity index is 1130. The maximum Gasteiger partial charge on any atom is 0.471 e. The molecule has 9 nitrogen and oxygen atoms in total. The number of carbonyl (C=O) groups excluding carboxylic acids is 1. The quantitative estimate of drug-likeness (QED) is 0.678. The van der Waals surface area contributed by atoms with E-state index in [1.165, 1.54) is 6.92 Å². The summed E-state index contributed by atoms with van der Waals surface area (Å²) in [6.07, 6.45) is -6.61. The Balaban J connectivity index is 1.76. The molecule has 0 spiro atoms. The van der Waals surface area contributed by atoms with Crippen LogP contribution in [0.3, 0.4) is 0 Å². The number of fused-ring (bicyclic) bond motifs is 2. The van der Waals surface area contributed by atoms with Crippen LogP contribution >= 0.6 is 0 Å². The van der Waals surface area contributed by atoms with Crippen LogP contribution < -0.4 is 11.2 Å². The van der Waals surface area contributed by atoms with E-state index in [9.17, 15) is 32.7 Å². The van der Waals surface area contributed by atoms with Gasteiger partial charge >= 0.3 is 17.8 Å². The maximum absolute atomic E-state index is 13.3. The van der Waals surface area contributed by atoms with E-state index in [0.29, 0.717) is 10.5 Å². The summed E-state index contributed by atoms with van der Waals surface area (Å²) in [6.45, 7) is 0.0664. The SMILES string of the molecule is Cc1cn([C@@H]2O[C@]3(CO)CN(C(=O)C(F)(F)F)[C@H]2[C@H]3OCc2ccccc2)c(=O)[nH]c1=O. The number of H-pyrrole nitrogens is 1. The molecule has 0 radical (unpaired) electrons. The van der Waals surface area contributed by atoms with Crippen molar-refractivity contribution >= 4 is 5.91 Å². The van der Waals surface area contributed by atoms with Crippen molar-refractivity contribution in [3.8, 4) is 0 Å². The number of likely N-dealkylation sites (tertiary alicyclic amines) is 1. The van der Waals surface area contributed by atoms with Crippen molar-refractivity contribution in [1.82, 2.24) is 14.5 Å². The molecule has 2 bridgehead atoms. The number of halogens is 3. The van der Waals surface area contributed by atoms with Gasteiger partial charge in [0.25, 0.3) is 5.56 Å². The van der Waals surface area contributed by atoms with E-state index in [2.05, 4.69) is 4.98 Å². The summed E-state index contributed by atoms with van der Waals surface area (Å²) < 4.78 is 52.6. The van der Waals surface area contributed by atoms with Crippen LogP contribution in [0.15, 0.2) is 46.1 Å². The second kappa shape index (κ2) is 7.87. The molecule has 1 amide bonds. The van der Waals surface area contributed by atoms with Crippen LogP contribution in [0.4, 0.5) is 13.2 Å². The molecule has 4 atom stereocenters. The number of morpholine rings is 1. The monoisotopic (exact) mass is 455 g/mol. The first-order chi connectivity index (χ1) is 15.1. The van der Waals surface area contributed by atoms with E-state index in [1.807, 2.05) is 0 Å². The highest BCUT2D eigenvalue weighted by Gasteiger charge is 2.68. The number of nitrogens with zero attached hydrogens (tertiary/aromatic N) is 2. The van der Waals surface area contributed by atoms with E-state index >= 15 is 0 Å². The van der Waals surface area contributed by atoms with Gasteiger partial charge in [0, 0.05) is 11.8 Å². The summed E-state index contributed by atoms with van der Waals surface area (Å²) >= 11 is 0. The first kappa shape index (κ1) is 22.2. The van der Waals surface area contributed by atoms with E-state index in [1.54, 1.807) is 30.3 Å². The van der Waals surface area contributed by atoms with Gasteiger partial charge in [0.1, 0.15) is 17.7 Å². The summed E-state index contributed by atoms with van der Waals surface area (Å²) in [6, 6.07) is 7.41. The fourth-order valence-corrected chi connectivity index (χ4v) is 4.23. The van der Waals surface area contributed by atoms with E-state index in [4.69, 9.17) is 9.47 Å². The Morgan fingerprint density at radius 3 is 2.62 bits per heavy atom. The first-order valence-corrected chi connectivity index (χ1v) is 9.71. The number of amides is 1. The normalized spacial score (nSPS) is 27.2. The fraction of sp³-hybridized carbons (Fsp3) is 0.450. The maximum atomic E-state index is 13.3. The van der Waals surface area contributed by atoms with Crippen LogP contribution in [0.2, 0.25) is 0 Å². The number of benzene rings is 1. The van der Waals surface area contributed by atoms with Gasteiger partial charge in [0.15, 0.2) is 6.23 Å². The van der Waals surface area contributed by atoms with Gasteiger partial charge in [-0.15, -0.1) is 0 Å². The van der Waals surface area contributed by atoms with E-state index in [-0.39, 0.29) is 12.2 Å². The zero-order valence-electron chi connectivity index (χ0n) is 16.8. The third kappa shape index (κ3) is 3.63. The Kier molecular flexibility index (Phi) is 5.47. The average Bonchev–Trinajstić information content (AvgIpc) is 3.24. The number of aliphatic hydroxyl groups excluding tert-OH is 1. The molecule has 1 aromatic carbocycles. The number of alkyl halides is 3. The summed E-state index contributed by atoms with van der Waals surface area (Å²) in [5.41, 5.74) is -2.44. The van der Waals surface area contributed by atoms with Crippen molar-refractivity contribution in [2.75, 3.05) is 13.2 Å². The van der Waals surface area contributed by atoms with Crippen LogP contribution in [0.5, 0.6) is 0 Å². The lowest BCUT2D eigenvalue weighted by atomic mass is 10.00. The minimum absolute atomic E-state index is 0.0204. The van der Waals surface area contributed by atoms with Gasteiger partial charge in [0.2, 0.25) is 0 Å². The second-order valence-electron chi connectivity index (χ2n) is 7.85. The second-order valence-corrected chi connectivity index (χ2v) is 7.85. The molecule has 2 aliphatic heterocycles. The van der Waals surface area contributed by atoms with Crippen LogP contribution in [0, 0.1) is 6.92 Å². The summed E-state index contributed by atoms with van der Waals surface area (Å²) in [4.78, 5) is 38.9. The van der Waals surface area contributed by atoms with E-state index in [0.717, 1.165) is 10.8 Å². The molecule has 2 N–H and O–H groups in total. The number of carbonyl (C=O) groups is 1. The van der Waals surface area contributed by atoms with Crippen LogP contribution in [-0.4, -0.2) is 62.5 Å². The highest BCUT2D eigenvalue weighted by atomic mass is 19.4. The molecular formula is C20H20F3N3O6. The van der Waals surface area contributed by atoms with Gasteiger partial charge in [-0.25, -0.2) is 4.79 Å². The number of ether oxygens (including phenoxy) is 2. The zero-order valence-corrected chi connectivity index (χ0v) is 16.8. The minimum atomic E-state index is -5.18. The molecule has 2 aromatic rings. The number of aryl methyl sites for hydroxylation is 1. The van der Waals surface area contributed by atoms with Crippen LogP contribution in [0.1, 0.15) is 17.4 Å². The predicted octanol–water partition coefficient (Wildman–Crippen LogP) is 0.463. The number of aromatic nitrogens is 2. The molecule has 12 heteroatoms. The Hall–Kier alpha value is -2.96. The summed E-state index contributed by atoms with van der Waals surface area (Å²) in [7, 11) is 0. The molecule has 3 heterocycles. The molecule has 0 aliphatic carbocycles. The van der Waals surface area contributed by atoms with Crippen molar-refractivity contribution in [2.24, 2.45) is 0 Å². The van der Waals surface area contributed by atoms with Crippen molar-refractivity contribution in [2.45, 2.75) is 43.7 Å². The lowest BCUT2D eigenvalue weighted by Crippen LogP contribution is -2.54. The van der Waals surface area contributed by atoms with Crippen molar-refractivity contribution in [3.05, 3.63) is 68.5 Å². The summed E-state index contributed by atoms with van der Waals surface area (Å²) in [5.74, 6) is -2.13. The molecular weight excluding hydrogens is 435 g/mol. The molecule has 2 saturated heterocycles. The third-order valence-electron chi connectivity index (χ3n) is 5.74. The van der Waals surface area contributed by atoms with Crippen LogP contribution in [0.25, 0.3) is 0 Å². The third-order valence-corrected chi connectivity index (χ3v) is 5.74. The van der Waals surface area contributed by atoms with Crippen molar-refractivity contribution < 1.29 is 32.5 Å². The minimum Gasteiger partial charge on any atom is -0.393 e. The molecule has 2 fully saturated rings. The number of hydrogen-bond donors (Lipinski definition) is 2. The number of aromatic amines is 1. The van der Waals surface area contributed by atoms with Gasteiger partial charge in [-0.3, -0.25) is 19.1 Å². The Morgan fingerprint density at radius 1 is 1.31 bits per heavy atom. The highest BCUT2D eigenvalue weighted by molar-refractivity contribution is 5.83. The first-order valence-electron chi connectivity index (χ1n) is 9.71. The van der Waals surface area contributed by atoms with Gasteiger partial charge < -0.3 is 19.5 Å². The molecule has 2 aliphatic rings. The lowest BCUT2D eigenvalue weighted by Gasteiger charge is -2.36.